The van der Waals surface area contributed by atoms with Crippen LogP contribution in [0.15, 0.2) is 17.4 Å². The lowest BCUT2D eigenvalue weighted by atomic mass is 10.1. The van der Waals surface area contributed by atoms with E-state index in [0.717, 1.165) is 0 Å². The molecule has 98 valence electrons. The fourth-order valence-corrected chi connectivity index (χ4v) is 2.34. The van der Waals surface area contributed by atoms with E-state index in [1.165, 1.54) is 4.90 Å². The topological polar surface area (TPSA) is 97.6 Å². The van der Waals surface area contributed by atoms with Crippen molar-refractivity contribution in [2.45, 2.75) is 6.42 Å². The Bertz CT molecular complexity index is 786. The lowest BCUT2D eigenvalue weighted by molar-refractivity contribution is -0.117. The summed E-state index contributed by atoms with van der Waals surface area (Å²) in [5, 5.41) is 0. The van der Waals surface area contributed by atoms with Crippen LogP contribution in [0, 0.1) is 10.7 Å². The minimum atomic E-state index is -0.359. The molecule has 0 aliphatic carbocycles. The molecule has 1 fully saturated rings. The number of hydrogen-bond acceptors (Lipinski definition) is 4. The first-order valence-corrected chi connectivity index (χ1v) is 6.14. The summed E-state index contributed by atoms with van der Waals surface area (Å²) in [6, 6.07) is 0. The van der Waals surface area contributed by atoms with Gasteiger partial charge in [-0.3, -0.25) is 19.5 Å². The van der Waals surface area contributed by atoms with Gasteiger partial charge in [0.25, 0.3) is 5.56 Å². The van der Waals surface area contributed by atoms with E-state index in [0.29, 0.717) is 23.4 Å². The molecule has 1 aliphatic rings. The molecule has 2 aromatic heterocycles. The predicted octanol–water partition coefficient (Wildman–Crippen LogP) is 0.848. The van der Waals surface area contributed by atoms with Crippen LogP contribution in [0.2, 0.25) is 0 Å². The molecule has 1 aliphatic heterocycles. The highest BCUT2D eigenvalue weighted by Gasteiger charge is 2.30. The van der Waals surface area contributed by atoms with Gasteiger partial charge in [-0.25, -0.2) is 0 Å². The van der Waals surface area contributed by atoms with E-state index in [4.69, 9.17) is 12.2 Å². The molecule has 3 N–H and O–H groups in total. The number of aromatic nitrogens is 4. The van der Waals surface area contributed by atoms with Gasteiger partial charge < -0.3 is 9.97 Å². The number of hydrogen-bond donors (Lipinski definition) is 3. The van der Waals surface area contributed by atoms with Crippen molar-refractivity contribution in [3.8, 4) is 0 Å². The van der Waals surface area contributed by atoms with E-state index >= 15 is 0 Å². The van der Waals surface area contributed by atoms with Crippen LogP contribution in [0.1, 0.15) is 6.42 Å². The number of fused-ring (bicyclic) bond motifs is 1. The third-order valence-corrected chi connectivity index (χ3v) is 3.33. The van der Waals surface area contributed by atoms with Crippen LogP contribution in [-0.2, 0) is 4.79 Å². The van der Waals surface area contributed by atoms with Crippen LogP contribution in [0.25, 0.3) is 11.2 Å². The van der Waals surface area contributed by atoms with Gasteiger partial charge in [-0.15, -0.1) is 6.58 Å². The number of carbonyl (C=O) groups excluding carboxylic acids is 1. The molecule has 3 heterocycles. The molecule has 0 saturated carbocycles. The van der Waals surface area contributed by atoms with Crippen LogP contribution in [0.5, 0.6) is 0 Å². The SMILES string of the molecule is C=CC1CC(=O)N(c2nc3[nH]c(=S)[nH]c3c(=O)[nH]2)C1. The summed E-state index contributed by atoms with van der Waals surface area (Å²) in [7, 11) is 0. The van der Waals surface area contributed by atoms with E-state index in [9.17, 15) is 9.59 Å². The minimum Gasteiger partial charge on any atom is -0.325 e. The molecule has 1 atom stereocenters. The van der Waals surface area contributed by atoms with Crippen molar-refractivity contribution < 1.29 is 4.79 Å². The van der Waals surface area contributed by atoms with Gasteiger partial charge in [0.05, 0.1) is 0 Å². The molecule has 1 saturated heterocycles. The molecule has 0 aromatic carbocycles. The maximum absolute atomic E-state index is 11.9. The van der Waals surface area contributed by atoms with E-state index in [-0.39, 0.29) is 28.8 Å². The molecule has 3 rings (SSSR count). The Morgan fingerprint density at radius 1 is 1.37 bits per heavy atom. The fourth-order valence-electron chi connectivity index (χ4n) is 2.15. The fraction of sp³-hybridized carbons (Fsp3) is 0.273. The van der Waals surface area contributed by atoms with Gasteiger partial charge in [0, 0.05) is 18.9 Å². The number of nitrogens with one attached hydrogen (secondary N) is 3. The zero-order valence-electron chi connectivity index (χ0n) is 9.90. The summed E-state index contributed by atoms with van der Waals surface area (Å²) in [5.41, 5.74) is 0.265. The monoisotopic (exact) mass is 277 g/mol. The number of carbonyl (C=O) groups is 1. The number of nitrogens with zero attached hydrogens (tertiary/aromatic N) is 2. The van der Waals surface area contributed by atoms with Gasteiger partial charge in [0.2, 0.25) is 11.9 Å². The lowest BCUT2D eigenvalue weighted by Gasteiger charge is -2.13. The molecular weight excluding hydrogens is 266 g/mol. The molecule has 19 heavy (non-hydrogen) atoms. The van der Waals surface area contributed by atoms with Gasteiger partial charge in [0.1, 0.15) is 5.52 Å². The summed E-state index contributed by atoms with van der Waals surface area (Å²) < 4.78 is 0.321. The number of imidazole rings is 1. The first-order chi connectivity index (χ1) is 9.08. The number of rotatable bonds is 2. The van der Waals surface area contributed by atoms with Crippen molar-refractivity contribution in [3.05, 3.63) is 27.8 Å². The standard InChI is InChI=1S/C11H11N5O2S/c1-2-5-3-6(17)16(4-5)10-13-8-7(9(18)15-10)12-11(19)14-8/h2,5H,1,3-4H2,(H3,12,13,14,15,18,19). The highest BCUT2D eigenvalue weighted by molar-refractivity contribution is 7.71. The Morgan fingerprint density at radius 3 is 2.84 bits per heavy atom. The largest absolute Gasteiger partial charge is 0.325 e. The van der Waals surface area contributed by atoms with E-state index < -0.39 is 0 Å². The average molecular weight is 277 g/mol. The summed E-state index contributed by atoms with van der Waals surface area (Å²) in [6.07, 6.45) is 2.12. The molecule has 0 radical (unpaired) electrons. The number of H-pyrrole nitrogens is 3. The number of anilines is 1. The molecule has 8 heteroatoms. The lowest BCUT2D eigenvalue weighted by Crippen LogP contribution is -2.28. The van der Waals surface area contributed by atoms with Crippen molar-refractivity contribution >= 4 is 35.2 Å². The first kappa shape index (κ1) is 11.8. The Kier molecular flexibility index (Phi) is 2.59. The summed E-state index contributed by atoms with van der Waals surface area (Å²) in [5.74, 6) is 0.233. The van der Waals surface area contributed by atoms with Crippen molar-refractivity contribution in [2.75, 3.05) is 11.4 Å². The van der Waals surface area contributed by atoms with E-state index in [2.05, 4.69) is 26.5 Å². The van der Waals surface area contributed by atoms with Gasteiger partial charge in [-0.2, -0.15) is 4.98 Å². The van der Waals surface area contributed by atoms with Crippen molar-refractivity contribution in [1.29, 1.82) is 0 Å². The smallest absolute Gasteiger partial charge is 0.278 e. The summed E-state index contributed by atoms with van der Waals surface area (Å²) in [6.45, 7) is 4.15. The van der Waals surface area contributed by atoms with Crippen LogP contribution >= 0.6 is 12.2 Å². The maximum Gasteiger partial charge on any atom is 0.278 e. The van der Waals surface area contributed by atoms with Gasteiger partial charge in [-0.1, -0.05) is 6.08 Å². The summed E-state index contributed by atoms with van der Waals surface area (Å²) in [4.78, 5) is 37.5. The Balaban J connectivity index is 2.11. The normalized spacial score (nSPS) is 19.3. The predicted molar refractivity (Wildman–Crippen MR) is 72.6 cm³/mol. The second kappa shape index (κ2) is 4.16. The zero-order chi connectivity index (χ0) is 13.6. The van der Waals surface area contributed by atoms with Gasteiger partial charge in [0.15, 0.2) is 10.4 Å². The Morgan fingerprint density at radius 2 is 2.16 bits per heavy atom. The molecular formula is C11H11N5O2S. The van der Waals surface area contributed by atoms with Crippen molar-refractivity contribution in [2.24, 2.45) is 5.92 Å². The molecule has 0 spiro atoms. The van der Waals surface area contributed by atoms with Crippen molar-refractivity contribution in [3.63, 3.8) is 0 Å². The average Bonchev–Trinajstić information content (AvgIpc) is 2.91. The minimum absolute atomic E-state index is 0.0817. The number of amides is 1. The molecule has 1 amide bonds. The van der Waals surface area contributed by atoms with Crippen LogP contribution in [0.4, 0.5) is 5.95 Å². The Hall–Kier alpha value is -2.22. The third kappa shape index (κ3) is 1.89. The van der Waals surface area contributed by atoms with E-state index in [1.807, 2.05) is 0 Å². The first-order valence-electron chi connectivity index (χ1n) is 5.73. The van der Waals surface area contributed by atoms with Gasteiger partial charge in [-0.05, 0) is 12.2 Å². The summed E-state index contributed by atoms with van der Waals surface area (Å²) >= 11 is 4.91. The highest BCUT2D eigenvalue weighted by atomic mass is 32.1. The maximum atomic E-state index is 11.9. The molecule has 2 aromatic rings. The van der Waals surface area contributed by atoms with Crippen LogP contribution in [-0.4, -0.2) is 32.4 Å². The Labute approximate surface area is 112 Å². The molecule has 7 nitrogen and oxygen atoms in total. The van der Waals surface area contributed by atoms with Crippen molar-refractivity contribution in [1.82, 2.24) is 19.9 Å². The highest BCUT2D eigenvalue weighted by Crippen LogP contribution is 2.22. The van der Waals surface area contributed by atoms with Crippen LogP contribution in [0.3, 0.4) is 0 Å². The second-order valence-corrected chi connectivity index (χ2v) is 4.80. The third-order valence-electron chi connectivity index (χ3n) is 3.12. The van der Waals surface area contributed by atoms with Gasteiger partial charge >= 0.3 is 0 Å². The second-order valence-electron chi connectivity index (χ2n) is 4.40. The van der Waals surface area contributed by atoms with E-state index in [1.54, 1.807) is 6.08 Å². The molecule has 0 bridgehead atoms. The van der Waals surface area contributed by atoms with Crippen LogP contribution < -0.4 is 10.5 Å². The molecule has 1 unspecified atom stereocenters. The quantitative estimate of drug-likeness (QED) is 0.560. The zero-order valence-corrected chi connectivity index (χ0v) is 10.7. The number of aromatic amines is 3.